The lowest BCUT2D eigenvalue weighted by Gasteiger charge is -2.24. The third kappa shape index (κ3) is 5.86. The number of hydrogen-bond acceptors (Lipinski definition) is 4. The first-order chi connectivity index (χ1) is 16.0. The minimum atomic E-state index is -4.78. The van der Waals surface area contributed by atoms with Crippen molar-refractivity contribution in [3.63, 3.8) is 0 Å². The third-order valence-corrected chi connectivity index (χ3v) is 5.62. The number of aliphatic carboxylic acids is 1. The number of nitrogens with one attached hydrogen (secondary N) is 2. The zero-order valence-corrected chi connectivity index (χ0v) is 18.6. The zero-order chi connectivity index (χ0) is 25.0. The lowest BCUT2D eigenvalue weighted by atomic mass is 9.98. The second-order valence-corrected chi connectivity index (χ2v) is 8.41. The van der Waals surface area contributed by atoms with Crippen LogP contribution < -0.4 is 10.6 Å². The molecule has 0 radical (unpaired) electrons. The molecule has 1 unspecified atom stereocenters. The van der Waals surface area contributed by atoms with Crippen LogP contribution in [0.4, 0.5) is 18.0 Å². The molecule has 182 valence electrons. The number of halogens is 3. The highest BCUT2D eigenvalue weighted by atomic mass is 19.4. The molecule has 7 nitrogen and oxygen atoms in total. The van der Waals surface area contributed by atoms with Crippen LogP contribution in [0.25, 0.3) is 11.1 Å². The van der Waals surface area contributed by atoms with Crippen LogP contribution >= 0.6 is 0 Å². The number of carboxylic acid groups (broad SMARTS) is 1. The summed E-state index contributed by atoms with van der Waals surface area (Å²) in [5, 5.41) is 13.2. The van der Waals surface area contributed by atoms with E-state index in [9.17, 15) is 32.7 Å². The van der Waals surface area contributed by atoms with Gasteiger partial charge in [0, 0.05) is 5.92 Å². The highest BCUT2D eigenvalue weighted by Crippen LogP contribution is 2.44. The zero-order valence-electron chi connectivity index (χ0n) is 18.6. The van der Waals surface area contributed by atoms with E-state index in [1.807, 2.05) is 53.8 Å². The number of ether oxygens (including phenoxy) is 1. The van der Waals surface area contributed by atoms with E-state index in [-0.39, 0.29) is 12.5 Å². The van der Waals surface area contributed by atoms with E-state index in [1.54, 1.807) is 0 Å². The van der Waals surface area contributed by atoms with Gasteiger partial charge in [-0.05, 0) is 28.2 Å². The molecule has 2 aromatic carbocycles. The lowest BCUT2D eigenvalue weighted by molar-refractivity contribution is -0.151. The molecule has 0 spiro atoms. The van der Waals surface area contributed by atoms with Crippen molar-refractivity contribution in [2.24, 2.45) is 5.92 Å². The molecule has 1 aliphatic rings. The number of amides is 2. The van der Waals surface area contributed by atoms with Crippen LogP contribution in [-0.2, 0) is 14.3 Å². The van der Waals surface area contributed by atoms with Crippen molar-refractivity contribution in [1.29, 1.82) is 0 Å². The molecule has 3 rings (SSSR count). The lowest BCUT2D eigenvalue weighted by Crippen LogP contribution is -2.54. The van der Waals surface area contributed by atoms with Gasteiger partial charge < -0.3 is 20.5 Å². The standard InChI is InChI=1S/C24H25F3N2O5/c1-13(2)20(22(31)32)29-21(30)19(11-24(25,26)27)28-23(33)34-12-18-16-9-5-3-7-14(16)15-8-4-6-10-17(15)18/h3-10,13,18-20H,11-12H2,1-2H3,(H,28,33)(H,29,30)(H,31,32)/t19?,20-/m0/s1. The average Bonchev–Trinajstić information content (AvgIpc) is 3.08. The number of alkyl carbamates (subject to hydrolysis) is 1. The summed E-state index contributed by atoms with van der Waals surface area (Å²) in [4.78, 5) is 36.1. The number of fused-ring (bicyclic) bond motifs is 3. The Bertz CT molecular complexity index is 1030. The van der Waals surface area contributed by atoms with Gasteiger partial charge >= 0.3 is 18.2 Å². The molecule has 2 atom stereocenters. The van der Waals surface area contributed by atoms with Crippen molar-refractivity contribution in [2.45, 2.75) is 44.4 Å². The maximum absolute atomic E-state index is 13.0. The topological polar surface area (TPSA) is 105 Å². The van der Waals surface area contributed by atoms with Crippen molar-refractivity contribution >= 4 is 18.0 Å². The summed E-state index contributed by atoms with van der Waals surface area (Å²) < 4.78 is 44.4. The van der Waals surface area contributed by atoms with E-state index in [0.29, 0.717) is 0 Å². The van der Waals surface area contributed by atoms with Gasteiger partial charge in [0.15, 0.2) is 0 Å². The summed E-state index contributed by atoms with van der Waals surface area (Å²) in [6.45, 7) is 2.84. The van der Waals surface area contributed by atoms with E-state index in [1.165, 1.54) is 13.8 Å². The van der Waals surface area contributed by atoms with Crippen molar-refractivity contribution in [3.8, 4) is 11.1 Å². The average molecular weight is 478 g/mol. The van der Waals surface area contributed by atoms with Gasteiger partial charge in [0.2, 0.25) is 5.91 Å². The summed E-state index contributed by atoms with van der Waals surface area (Å²) in [7, 11) is 0. The highest BCUT2D eigenvalue weighted by molar-refractivity contribution is 5.89. The molecule has 0 aliphatic heterocycles. The predicted octanol–water partition coefficient (Wildman–Crippen LogP) is 4.07. The Morgan fingerprint density at radius 1 is 0.971 bits per heavy atom. The highest BCUT2D eigenvalue weighted by Gasteiger charge is 2.38. The first kappa shape index (κ1) is 25.1. The van der Waals surface area contributed by atoms with Crippen LogP contribution in [0, 0.1) is 5.92 Å². The summed E-state index contributed by atoms with van der Waals surface area (Å²) in [6.07, 6.45) is -7.66. The summed E-state index contributed by atoms with van der Waals surface area (Å²) in [5.41, 5.74) is 3.80. The Morgan fingerprint density at radius 2 is 1.50 bits per heavy atom. The van der Waals surface area contributed by atoms with E-state index in [0.717, 1.165) is 22.3 Å². The number of alkyl halides is 3. The molecule has 3 N–H and O–H groups in total. The fraction of sp³-hybridized carbons (Fsp3) is 0.375. The summed E-state index contributed by atoms with van der Waals surface area (Å²) in [5.74, 6) is -3.55. The number of carboxylic acids is 1. The van der Waals surface area contributed by atoms with Gasteiger partial charge in [0.1, 0.15) is 18.7 Å². The molecule has 0 saturated heterocycles. The van der Waals surface area contributed by atoms with Crippen LogP contribution in [0.1, 0.15) is 37.3 Å². The van der Waals surface area contributed by atoms with Crippen LogP contribution in [0.3, 0.4) is 0 Å². The second kappa shape index (κ2) is 10.1. The minimum absolute atomic E-state index is 0.149. The molecule has 2 amide bonds. The number of carbonyl (C=O) groups is 3. The largest absolute Gasteiger partial charge is 0.480 e. The SMILES string of the molecule is CC(C)[C@H](NC(=O)C(CC(F)(F)F)NC(=O)OCC1c2ccccc2-c2ccccc21)C(=O)O. The molecule has 1 aliphatic carbocycles. The Kier molecular flexibility index (Phi) is 7.48. The monoisotopic (exact) mass is 478 g/mol. The van der Waals surface area contributed by atoms with Crippen LogP contribution in [0.5, 0.6) is 0 Å². The van der Waals surface area contributed by atoms with Gasteiger partial charge in [-0.25, -0.2) is 9.59 Å². The molecule has 0 aromatic heterocycles. The van der Waals surface area contributed by atoms with Crippen LogP contribution in [0.2, 0.25) is 0 Å². The summed E-state index contributed by atoms with van der Waals surface area (Å²) >= 11 is 0. The molecule has 0 bridgehead atoms. The van der Waals surface area contributed by atoms with E-state index < -0.39 is 48.6 Å². The van der Waals surface area contributed by atoms with Gasteiger partial charge in [0.05, 0.1) is 6.42 Å². The number of hydrogen-bond donors (Lipinski definition) is 3. The van der Waals surface area contributed by atoms with Crippen LogP contribution in [-0.4, -0.2) is 47.9 Å². The molecule has 34 heavy (non-hydrogen) atoms. The molecule has 10 heteroatoms. The van der Waals surface area contributed by atoms with E-state index in [4.69, 9.17) is 4.74 Å². The third-order valence-electron chi connectivity index (χ3n) is 5.62. The fourth-order valence-electron chi connectivity index (χ4n) is 3.99. The number of rotatable bonds is 8. The normalized spacial score (nSPS) is 14.6. The Morgan fingerprint density at radius 3 is 1.97 bits per heavy atom. The van der Waals surface area contributed by atoms with Gasteiger partial charge in [-0.15, -0.1) is 0 Å². The molecule has 0 saturated carbocycles. The fourth-order valence-corrected chi connectivity index (χ4v) is 3.99. The van der Waals surface area contributed by atoms with Crippen molar-refractivity contribution in [2.75, 3.05) is 6.61 Å². The van der Waals surface area contributed by atoms with Gasteiger partial charge in [-0.2, -0.15) is 13.2 Å². The smallest absolute Gasteiger partial charge is 0.407 e. The van der Waals surface area contributed by atoms with Gasteiger partial charge in [0.25, 0.3) is 0 Å². The molecule has 0 fully saturated rings. The van der Waals surface area contributed by atoms with Crippen molar-refractivity contribution in [3.05, 3.63) is 59.7 Å². The van der Waals surface area contributed by atoms with E-state index >= 15 is 0 Å². The second-order valence-electron chi connectivity index (χ2n) is 8.41. The summed E-state index contributed by atoms with van der Waals surface area (Å²) in [6, 6.07) is 11.6. The molecule has 2 aromatic rings. The maximum atomic E-state index is 13.0. The Labute approximate surface area is 194 Å². The Hall–Kier alpha value is -3.56. The minimum Gasteiger partial charge on any atom is -0.480 e. The van der Waals surface area contributed by atoms with E-state index in [2.05, 4.69) is 5.32 Å². The molecular weight excluding hydrogens is 453 g/mol. The first-order valence-corrected chi connectivity index (χ1v) is 10.7. The molecular formula is C24H25F3N2O5. The first-order valence-electron chi connectivity index (χ1n) is 10.7. The van der Waals surface area contributed by atoms with Crippen molar-refractivity contribution < 1.29 is 37.4 Å². The number of carbonyl (C=O) groups excluding carboxylic acids is 2. The quantitative estimate of drug-likeness (QED) is 0.531. The van der Waals surface area contributed by atoms with Gasteiger partial charge in [-0.1, -0.05) is 62.4 Å². The Balaban J connectivity index is 1.70. The maximum Gasteiger partial charge on any atom is 0.407 e. The predicted molar refractivity (Wildman–Crippen MR) is 117 cm³/mol. The molecule has 0 heterocycles. The van der Waals surface area contributed by atoms with Crippen molar-refractivity contribution in [1.82, 2.24) is 10.6 Å². The van der Waals surface area contributed by atoms with Gasteiger partial charge in [-0.3, -0.25) is 4.79 Å². The number of benzene rings is 2. The van der Waals surface area contributed by atoms with Crippen LogP contribution in [0.15, 0.2) is 48.5 Å².